The molecule has 5 N–H and O–H groups in total. The normalized spacial score (nSPS) is 19.7. The molecule has 0 bridgehead atoms. The first kappa shape index (κ1) is 16.8. The average Bonchev–Trinajstić information content (AvgIpc) is 3.32. The number of fused-ring (bicyclic) bond motifs is 1. The molecule has 0 unspecified atom stereocenters. The lowest BCUT2D eigenvalue weighted by Gasteiger charge is -2.10. The third-order valence-electron chi connectivity index (χ3n) is 4.94. The molecule has 1 saturated heterocycles. The predicted molar refractivity (Wildman–Crippen MR) is 102 cm³/mol. The number of carbonyl (C=O) groups is 1. The molecule has 1 fully saturated rings. The van der Waals surface area contributed by atoms with Crippen LogP contribution in [0.5, 0.6) is 0 Å². The molecule has 134 valence electrons. The summed E-state index contributed by atoms with van der Waals surface area (Å²) in [6.07, 6.45) is 0.795. The Kier molecular flexibility index (Phi) is 4.69. The van der Waals surface area contributed by atoms with Gasteiger partial charge in [0.15, 0.2) is 0 Å². The fourth-order valence-electron chi connectivity index (χ4n) is 3.44. The van der Waals surface area contributed by atoms with E-state index < -0.39 is 0 Å². The lowest BCUT2D eigenvalue weighted by Crippen LogP contribution is -2.40. The molecule has 26 heavy (non-hydrogen) atoms. The second-order valence-corrected chi connectivity index (χ2v) is 6.80. The predicted octanol–water partition coefficient (Wildman–Crippen LogP) is 1.78. The highest BCUT2D eigenvalue weighted by molar-refractivity contribution is 5.83. The van der Waals surface area contributed by atoms with Gasteiger partial charge in [0.25, 0.3) is 0 Å². The smallest absolute Gasteiger partial charge is 0.237 e. The molecule has 0 spiro atoms. The van der Waals surface area contributed by atoms with Gasteiger partial charge in [0.2, 0.25) is 5.91 Å². The second kappa shape index (κ2) is 7.27. The molecule has 0 saturated carbocycles. The summed E-state index contributed by atoms with van der Waals surface area (Å²) in [6, 6.07) is 16.2. The Morgan fingerprint density at radius 3 is 2.81 bits per heavy atom. The van der Waals surface area contributed by atoms with E-state index >= 15 is 0 Å². The molecule has 1 amide bonds. The van der Waals surface area contributed by atoms with E-state index in [2.05, 4.69) is 44.9 Å². The summed E-state index contributed by atoms with van der Waals surface area (Å²) in [4.78, 5) is 20.2. The van der Waals surface area contributed by atoms with Crippen molar-refractivity contribution in [2.45, 2.75) is 19.0 Å². The maximum Gasteiger partial charge on any atom is 0.237 e. The van der Waals surface area contributed by atoms with Gasteiger partial charge in [0.1, 0.15) is 5.82 Å². The van der Waals surface area contributed by atoms with Crippen molar-refractivity contribution in [3.8, 4) is 11.1 Å². The molecule has 1 aromatic heterocycles. The SMILES string of the molecule is NC[C@@H]1CN[C@@H](C(=O)NCc2nc3ccc(-c4ccccc4)cc3[nH]2)C1. The van der Waals surface area contributed by atoms with E-state index in [1.807, 2.05) is 24.3 Å². The Hall–Kier alpha value is -2.70. The standard InChI is InChI=1S/C20H23N5O/c21-10-13-8-18(22-11-13)20(26)23-12-19-24-16-7-6-15(9-17(16)25-19)14-4-2-1-3-5-14/h1-7,9,13,18,22H,8,10-12,21H2,(H,23,26)(H,24,25)/t13-,18-/m1/s1. The van der Waals surface area contributed by atoms with E-state index in [1.54, 1.807) is 0 Å². The van der Waals surface area contributed by atoms with E-state index in [9.17, 15) is 4.79 Å². The number of carbonyl (C=O) groups excluding carboxylic acids is 1. The second-order valence-electron chi connectivity index (χ2n) is 6.80. The minimum atomic E-state index is -0.155. The Morgan fingerprint density at radius 2 is 2.04 bits per heavy atom. The Bertz CT molecular complexity index is 905. The third kappa shape index (κ3) is 3.47. The van der Waals surface area contributed by atoms with Gasteiger partial charge in [-0.3, -0.25) is 4.79 Å². The lowest BCUT2D eigenvalue weighted by atomic mass is 10.1. The number of benzene rings is 2. The number of H-pyrrole nitrogens is 1. The summed E-state index contributed by atoms with van der Waals surface area (Å²) in [5.41, 5.74) is 9.85. The Labute approximate surface area is 152 Å². The molecule has 0 radical (unpaired) electrons. The molecule has 0 aliphatic carbocycles. The highest BCUT2D eigenvalue weighted by Gasteiger charge is 2.28. The zero-order valence-electron chi connectivity index (χ0n) is 14.5. The van der Waals surface area contributed by atoms with Crippen molar-refractivity contribution < 1.29 is 4.79 Å². The van der Waals surface area contributed by atoms with E-state index in [-0.39, 0.29) is 11.9 Å². The average molecular weight is 349 g/mol. The molecule has 2 heterocycles. The molecule has 6 nitrogen and oxygen atoms in total. The molecular formula is C20H23N5O. The molecule has 1 aliphatic rings. The van der Waals surface area contributed by atoms with Crippen LogP contribution in [0.25, 0.3) is 22.2 Å². The van der Waals surface area contributed by atoms with Crippen LogP contribution in [0.1, 0.15) is 12.2 Å². The summed E-state index contributed by atoms with van der Waals surface area (Å²) in [7, 11) is 0. The lowest BCUT2D eigenvalue weighted by molar-refractivity contribution is -0.123. The van der Waals surface area contributed by atoms with Crippen molar-refractivity contribution in [2.24, 2.45) is 11.7 Å². The van der Waals surface area contributed by atoms with Crippen LogP contribution in [-0.4, -0.2) is 35.0 Å². The molecule has 2 atom stereocenters. The van der Waals surface area contributed by atoms with Gasteiger partial charge < -0.3 is 21.4 Å². The topological polar surface area (TPSA) is 95.8 Å². The largest absolute Gasteiger partial charge is 0.348 e. The van der Waals surface area contributed by atoms with Crippen molar-refractivity contribution in [3.63, 3.8) is 0 Å². The van der Waals surface area contributed by atoms with Gasteiger partial charge in [-0.25, -0.2) is 4.98 Å². The third-order valence-corrected chi connectivity index (χ3v) is 4.94. The molecule has 1 aliphatic heterocycles. The van der Waals surface area contributed by atoms with Crippen LogP contribution in [0.15, 0.2) is 48.5 Å². The highest BCUT2D eigenvalue weighted by atomic mass is 16.2. The van der Waals surface area contributed by atoms with Gasteiger partial charge >= 0.3 is 0 Å². The van der Waals surface area contributed by atoms with Gasteiger partial charge in [-0.15, -0.1) is 0 Å². The quantitative estimate of drug-likeness (QED) is 0.565. The number of imidazole rings is 1. The number of hydrogen-bond donors (Lipinski definition) is 4. The first-order valence-electron chi connectivity index (χ1n) is 8.98. The van der Waals surface area contributed by atoms with Crippen molar-refractivity contribution in [1.82, 2.24) is 20.6 Å². The molecule has 4 rings (SSSR count). The van der Waals surface area contributed by atoms with Crippen LogP contribution in [-0.2, 0) is 11.3 Å². The zero-order valence-corrected chi connectivity index (χ0v) is 14.5. The van der Waals surface area contributed by atoms with Crippen LogP contribution < -0.4 is 16.4 Å². The maximum atomic E-state index is 12.3. The fourth-order valence-corrected chi connectivity index (χ4v) is 3.44. The van der Waals surface area contributed by atoms with Gasteiger partial charge in [-0.2, -0.15) is 0 Å². The summed E-state index contributed by atoms with van der Waals surface area (Å²) in [5.74, 6) is 1.15. The van der Waals surface area contributed by atoms with Gasteiger partial charge in [-0.1, -0.05) is 36.4 Å². The first-order chi connectivity index (χ1) is 12.7. The number of nitrogens with two attached hydrogens (primary N) is 1. The van der Waals surface area contributed by atoms with Crippen LogP contribution in [0.2, 0.25) is 0 Å². The number of aromatic nitrogens is 2. The van der Waals surface area contributed by atoms with Crippen molar-refractivity contribution in [2.75, 3.05) is 13.1 Å². The number of nitrogens with zero attached hydrogens (tertiary/aromatic N) is 1. The monoisotopic (exact) mass is 349 g/mol. The molecule has 3 aromatic rings. The van der Waals surface area contributed by atoms with Crippen LogP contribution in [0.3, 0.4) is 0 Å². The number of rotatable bonds is 5. The van der Waals surface area contributed by atoms with E-state index in [0.29, 0.717) is 19.0 Å². The summed E-state index contributed by atoms with van der Waals surface area (Å²) < 4.78 is 0. The van der Waals surface area contributed by atoms with Crippen LogP contribution in [0.4, 0.5) is 0 Å². The van der Waals surface area contributed by atoms with Crippen molar-refractivity contribution in [3.05, 3.63) is 54.4 Å². The van der Waals surface area contributed by atoms with Gasteiger partial charge in [-0.05, 0) is 48.7 Å². The van der Waals surface area contributed by atoms with Crippen LogP contribution >= 0.6 is 0 Å². The maximum absolute atomic E-state index is 12.3. The molecule has 6 heteroatoms. The Balaban J connectivity index is 1.44. The van der Waals surface area contributed by atoms with Crippen molar-refractivity contribution >= 4 is 16.9 Å². The van der Waals surface area contributed by atoms with E-state index in [4.69, 9.17) is 5.73 Å². The number of amides is 1. The number of aromatic amines is 1. The molecule has 2 aromatic carbocycles. The van der Waals surface area contributed by atoms with E-state index in [0.717, 1.165) is 35.4 Å². The highest BCUT2D eigenvalue weighted by Crippen LogP contribution is 2.23. The van der Waals surface area contributed by atoms with Gasteiger partial charge in [0, 0.05) is 0 Å². The summed E-state index contributed by atoms with van der Waals surface area (Å²) in [6.45, 7) is 1.81. The van der Waals surface area contributed by atoms with E-state index in [1.165, 1.54) is 5.56 Å². The minimum absolute atomic E-state index is 0.00591. The fraction of sp³-hybridized carbons (Fsp3) is 0.300. The van der Waals surface area contributed by atoms with Gasteiger partial charge in [0.05, 0.1) is 23.6 Å². The number of hydrogen-bond acceptors (Lipinski definition) is 4. The van der Waals surface area contributed by atoms with Crippen LogP contribution in [0, 0.1) is 5.92 Å². The summed E-state index contributed by atoms with van der Waals surface area (Å²) in [5, 5.41) is 6.18. The zero-order chi connectivity index (χ0) is 17.9. The first-order valence-corrected chi connectivity index (χ1v) is 8.98. The summed E-state index contributed by atoms with van der Waals surface area (Å²) >= 11 is 0. The Morgan fingerprint density at radius 1 is 1.19 bits per heavy atom. The molecular weight excluding hydrogens is 326 g/mol. The number of nitrogens with one attached hydrogen (secondary N) is 3. The van der Waals surface area contributed by atoms with Crippen molar-refractivity contribution in [1.29, 1.82) is 0 Å². The minimum Gasteiger partial charge on any atom is -0.348 e.